The van der Waals surface area contributed by atoms with E-state index in [0.717, 1.165) is 5.56 Å². The number of imidazole rings is 1. The first kappa shape index (κ1) is 51.5. The molecule has 61 heavy (non-hydrogen) atoms. The number of hydrogen-bond donors (Lipinski definition) is 7. The molecule has 6 amide bonds. The molecule has 6 atom stereocenters. The third kappa shape index (κ3) is 19.5. The zero-order valence-electron chi connectivity index (χ0n) is 37.3. The van der Waals surface area contributed by atoms with Crippen LogP contribution in [0.5, 0.6) is 0 Å². The molecule has 1 heterocycles. The smallest absolute Gasteiger partial charge is 0.408 e. The number of carbonyl (C=O) groups excluding carboxylic acids is 7. The van der Waals surface area contributed by atoms with E-state index in [1.807, 2.05) is 39.0 Å². The van der Waals surface area contributed by atoms with Crippen LogP contribution in [0, 0.1) is 17.8 Å². The van der Waals surface area contributed by atoms with Crippen LogP contribution in [-0.4, -0.2) is 101 Å². The van der Waals surface area contributed by atoms with Crippen molar-refractivity contribution in [3.8, 4) is 0 Å². The van der Waals surface area contributed by atoms with E-state index in [4.69, 9.17) is 14.2 Å². The van der Waals surface area contributed by atoms with Crippen LogP contribution in [-0.2, 0) is 51.2 Å². The highest BCUT2D eigenvalue weighted by molar-refractivity contribution is 5.96. The topological polar surface area (TPSA) is 248 Å². The Bertz CT molecular complexity index is 1700. The summed E-state index contributed by atoms with van der Waals surface area (Å²) < 4.78 is 15.5. The maximum Gasteiger partial charge on any atom is 0.408 e. The Morgan fingerprint density at radius 1 is 0.754 bits per heavy atom. The average molecular weight is 857 g/mol. The Balaban J connectivity index is 2.20. The van der Waals surface area contributed by atoms with Gasteiger partial charge < -0.3 is 51.1 Å². The minimum Gasteiger partial charge on any atom is -0.467 e. The molecule has 0 radical (unpaired) electrons. The van der Waals surface area contributed by atoms with Crippen LogP contribution in [0.25, 0.3) is 0 Å². The maximum absolute atomic E-state index is 14.1. The number of hydrogen-bond acceptors (Lipinski definition) is 11. The summed E-state index contributed by atoms with van der Waals surface area (Å²) in [7, 11) is 1.20. The first-order valence-electron chi connectivity index (χ1n) is 20.9. The molecule has 0 aliphatic carbocycles. The lowest BCUT2D eigenvalue weighted by atomic mass is 9.95. The molecule has 0 fully saturated rings. The number of H-pyrrole nitrogens is 1. The summed E-state index contributed by atoms with van der Waals surface area (Å²) in [5.41, 5.74) is 0.637. The van der Waals surface area contributed by atoms with Crippen molar-refractivity contribution >= 4 is 41.8 Å². The van der Waals surface area contributed by atoms with Gasteiger partial charge in [0.25, 0.3) is 0 Å². The van der Waals surface area contributed by atoms with Gasteiger partial charge in [0, 0.05) is 24.9 Å². The van der Waals surface area contributed by atoms with Gasteiger partial charge in [-0.15, -0.1) is 0 Å². The molecule has 340 valence electrons. The van der Waals surface area contributed by atoms with Crippen molar-refractivity contribution in [3.63, 3.8) is 0 Å². The van der Waals surface area contributed by atoms with Crippen molar-refractivity contribution in [1.82, 2.24) is 41.9 Å². The third-order valence-electron chi connectivity index (χ3n) is 9.57. The third-order valence-corrected chi connectivity index (χ3v) is 9.57. The second kappa shape index (κ2) is 25.8. The molecule has 0 aliphatic heterocycles. The molecule has 2 aromatic rings. The van der Waals surface area contributed by atoms with Gasteiger partial charge in [0.2, 0.25) is 23.6 Å². The Hall–Kier alpha value is -5.68. The highest BCUT2D eigenvalue weighted by Gasteiger charge is 2.36. The van der Waals surface area contributed by atoms with Gasteiger partial charge in [0.15, 0.2) is 0 Å². The summed E-state index contributed by atoms with van der Waals surface area (Å²) in [6, 6.07) is 3.54. The highest BCUT2D eigenvalue weighted by atomic mass is 16.6. The van der Waals surface area contributed by atoms with Crippen LogP contribution in [0.4, 0.5) is 9.59 Å². The molecule has 0 unspecified atom stereocenters. The number of nitrogens with one attached hydrogen (secondary N) is 7. The van der Waals surface area contributed by atoms with Gasteiger partial charge in [-0.3, -0.25) is 19.2 Å². The molecule has 0 aliphatic rings. The summed E-state index contributed by atoms with van der Waals surface area (Å²) in [5, 5.41) is 16.3. The molecule has 0 spiro atoms. The summed E-state index contributed by atoms with van der Waals surface area (Å²) in [4.78, 5) is 100. The molecule has 0 saturated heterocycles. The number of nitrogens with zero attached hydrogens (tertiary/aromatic N) is 1. The van der Waals surface area contributed by atoms with E-state index in [1.165, 1.54) is 19.6 Å². The van der Waals surface area contributed by atoms with Crippen molar-refractivity contribution in [2.75, 3.05) is 13.7 Å². The summed E-state index contributed by atoms with van der Waals surface area (Å²) in [6.45, 7) is 16.4. The van der Waals surface area contributed by atoms with Gasteiger partial charge in [-0.25, -0.2) is 19.4 Å². The maximum atomic E-state index is 14.1. The summed E-state index contributed by atoms with van der Waals surface area (Å²) >= 11 is 0. The Labute approximate surface area is 359 Å². The number of aromatic amines is 1. The van der Waals surface area contributed by atoms with E-state index >= 15 is 0 Å². The van der Waals surface area contributed by atoms with E-state index < -0.39 is 89.4 Å². The minimum absolute atomic E-state index is 0.00195. The average Bonchev–Trinajstić information content (AvgIpc) is 3.71. The summed E-state index contributed by atoms with van der Waals surface area (Å²) in [5.74, 6) is -4.14. The zero-order valence-corrected chi connectivity index (χ0v) is 37.3. The number of carbonyl (C=O) groups is 7. The highest BCUT2D eigenvalue weighted by Crippen LogP contribution is 2.14. The van der Waals surface area contributed by atoms with Crippen molar-refractivity contribution < 1.29 is 47.8 Å². The number of rotatable bonds is 24. The Morgan fingerprint density at radius 2 is 1.38 bits per heavy atom. The van der Waals surface area contributed by atoms with Gasteiger partial charge in [-0.05, 0) is 69.8 Å². The van der Waals surface area contributed by atoms with E-state index in [-0.39, 0.29) is 38.3 Å². The van der Waals surface area contributed by atoms with Crippen molar-refractivity contribution in [2.45, 2.75) is 143 Å². The second-order valence-electron chi connectivity index (χ2n) is 16.8. The van der Waals surface area contributed by atoms with Gasteiger partial charge in [-0.2, -0.15) is 0 Å². The zero-order chi connectivity index (χ0) is 45.7. The minimum atomic E-state index is -1.22. The SMILES string of the molecule is CC[C@H](C)[C@H](NC(=O)[C@@H](NC(=O)[C@H](CC(C)C)NC(=O)OCc1ccccc1)C(C)C)C(=O)N[C@@H](Cc1cnc[nH]1)C(=O)N[C@@H](CCCCNC(=O)OC(C)(C)C)C(=O)OC. The second-order valence-corrected chi connectivity index (χ2v) is 16.8. The quantitative estimate of drug-likeness (QED) is 0.0455. The molecule has 7 N–H and O–H groups in total. The lowest BCUT2D eigenvalue weighted by Gasteiger charge is -2.30. The van der Waals surface area contributed by atoms with Crippen LogP contribution in [0.2, 0.25) is 0 Å². The molecule has 0 bridgehead atoms. The number of unbranched alkanes of at least 4 members (excludes halogenated alkanes) is 1. The van der Waals surface area contributed by atoms with Crippen LogP contribution < -0.4 is 31.9 Å². The normalized spacial score (nSPS) is 14.3. The number of alkyl carbamates (subject to hydrolysis) is 2. The molecule has 18 nitrogen and oxygen atoms in total. The van der Waals surface area contributed by atoms with Crippen LogP contribution in [0.3, 0.4) is 0 Å². The van der Waals surface area contributed by atoms with Crippen LogP contribution >= 0.6 is 0 Å². The van der Waals surface area contributed by atoms with Gasteiger partial charge in [-0.1, -0.05) is 78.3 Å². The molecule has 18 heteroatoms. The first-order valence-corrected chi connectivity index (χ1v) is 20.9. The van der Waals surface area contributed by atoms with Gasteiger partial charge in [0.05, 0.1) is 13.4 Å². The van der Waals surface area contributed by atoms with Gasteiger partial charge in [0.1, 0.15) is 42.4 Å². The molecule has 0 saturated carbocycles. The predicted molar refractivity (Wildman–Crippen MR) is 227 cm³/mol. The fourth-order valence-electron chi connectivity index (χ4n) is 6.07. The molecular weight excluding hydrogens is 789 g/mol. The van der Waals surface area contributed by atoms with E-state index in [2.05, 4.69) is 41.9 Å². The molecule has 1 aromatic carbocycles. The standard InChI is InChI=1S/C43H68N8O10/c1-11-28(6)35(51-38(54)34(27(4)5)50-37(53)32(21-26(2)3)49-42(58)60-24-29-17-13-12-14-18-29)39(55)48-33(22-30-23-44-25-46-30)36(52)47-31(40(56)59-10)19-15-16-20-45-41(57)61-43(7,8)9/h12-14,17-18,23,25-28,31-35H,11,15-16,19-22,24H2,1-10H3,(H,44,46)(H,45,57)(H,47,52)(H,48,55)(H,49,58)(H,50,53)(H,51,54)/t28-,31-,32-,33-,34-,35-/m0/s1. The number of aromatic nitrogens is 2. The van der Waals surface area contributed by atoms with E-state index in [9.17, 15) is 33.6 Å². The molecule has 1 aromatic heterocycles. The largest absolute Gasteiger partial charge is 0.467 e. The van der Waals surface area contributed by atoms with Crippen molar-refractivity contribution in [3.05, 3.63) is 54.1 Å². The molecule has 2 rings (SSSR count). The fraction of sp³-hybridized carbons (Fsp3) is 0.628. The Morgan fingerprint density at radius 3 is 1.95 bits per heavy atom. The number of benzene rings is 1. The number of methoxy groups -OCH3 is 1. The number of esters is 1. The first-order chi connectivity index (χ1) is 28.7. The van der Waals surface area contributed by atoms with Crippen LogP contribution in [0.15, 0.2) is 42.9 Å². The van der Waals surface area contributed by atoms with Crippen molar-refractivity contribution in [1.29, 1.82) is 0 Å². The Kier molecular flexibility index (Phi) is 21.8. The summed E-state index contributed by atoms with van der Waals surface area (Å²) in [6.07, 6.45) is 3.33. The van der Waals surface area contributed by atoms with Crippen molar-refractivity contribution in [2.24, 2.45) is 17.8 Å². The lowest BCUT2D eigenvalue weighted by Crippen LogP contribution is -2.61. The van der Waals surface area contributed by atoms with E-state index in [1.54, 1.807) is 53.7 Å². The van der Waals surface area contributed by atoms with Crippen LogP contribution in [0.1, 0.15) is 106 Å². The number of ether oxygens (including phenoxy) is 3. The van der Waals surface area contributed by atoms with E-state index in [0.29, 0.717) is 25.0 Å². The monoisotopic (exact) mass is 857 g/mol. The number of amides is 6. The lowest BCUT2D eigenvalue weighted by molar-refractivity contribution is -0.145. The van der Waals surface area contributed by atoms with Gasteiger partial charge >= 0.3 is 18.2 Å². The predicted octanol–water partition coefficient (Wildman–Crippen LogP) is 3.80. The fourth-order valence-corrected chi connectivity index (χ4v) is 6.07. The molecular formula is C43H68N8O10.